The van der Waals surface area contributed by atoms with Gasteiger partial charge in [-0.3, -0.25) is 4.90 Å². The van der Waals surface area contributed by atoms with Crippen molar-refractivity contribution in [2.45, 2.75) is 26.9 Å². The number of hydrogen-bond donors (Lipinski definition) is 1. The van der Waals surface area contributed by atoms with Crippen LogP contribution in [0.25, 0.3) is 0 Å². The molecule has 2 aromatic rings. The average molecular weight is 275 g/mol. The summed E-state index contributed by atoms with van der Waals surface area (Å²) >= 11 is 1.79. The standard InChI is InChI=1S/C15H21N3S/c1-12-13(2)19-15(17-12)11-18(9-8-16)10-14-6-4-3-5-7-14/h3-7H,8-11,16H2,1-2H3. The summed E-state index contributed by atoms with van der Waals surface area (Å²) in [4.78, 5) is 8.27. The van der Waals surface area contributed by atoms with Gasteiger partial charge in [0.05, 0.1) is 12.2 Å². The van der Waals surface area contributed by atoms with E-state index in [0.29, 0.717) is 6.54 Å². The molecular formula is C15H21N3S. The number of thiazole rings is 1. The number of aryl methyl sites for hydroxylation is 2. The molecule has 0 atom stereocenters. The molecule has 2 N–H and O–H groups in total. The van der Waals surface area contributed by atoms with Crippen molar-refractivity contribution < 1.29 is 0 Å². The molecule has 0 radical (unpaired) electrons. The molecular weight excluding hydrogens is 254 g/mol. The third kappa shape index (κ3) is 4.13. The van der Waals surface area contributed by atoms with Gasteiger partial charge >= 0.3 is 0 Å². The van der Waals surface area contributed by atoms with Crippen LogP contribution in [0.15, 0.2) is 30.3 Å². The predicted molar refractivity (Wildman–Crippen MR) is 81.2 cm³/mol. The normalized spacial score (nSPS) is 11.2. The lowest BCUT2D eigenvalue weighted by atomic mass is 10.2. The Morgan fingerprint density at radius 3 is 2.47 bits per heavy atom. The highest BCUT2D eigenvalue weighted by Crippen LogP contribution is 2.18. The Kier molecular flexibility index (Phi) is 5.07. The van der Waals surface area contributed by atoms with Crippen LogP contribution in [0, 0.1) is 13.8 Å². The molecule has 0 spiro atoms. The molecule has 0 saturated carbocycles. The summed E-state index contributed by atoms with van der Waals surface area (Å²) in [5.74, 6) is 0. The number of rotatable bonds is 6. The fourth-order valence-corrected chi connectivity index (χ4v) is 3.01. The molecule has 0 aliphatic carbocycles. The second kappa shape index (κ2) is 6.80. The predicted octanol–water partition coefficient (Wildman–Crippen LogP) is 2.72. The molecule has 0 aliphatic rings. The quantitative estimate of drug-likeness (QED) is 0.881. The SMILES string of the molecule is Cc1nc(CN(CCN)Cc2ccccc2)sc1C. The van der Waals surface area contributed by atoms with Gasteiger partial charge in [0, 0.05) is 24.5 Å². The topological polar surface area (TPSA) is 42.2 Å². The van der Waals surface area contributed by atoms with E-state index in [2.05, 4.69) is 48.0 Å². The zero-order valence-electron chi connectivity index (χ0n) is 11.6. The van der Waals surface area contributed by atoms with E-state index in [4.69, 9.17) is 5.73 Å². The maximum absolute atomic E-state index is 5.71. The molecule has 3 nitrogen and oxygen atoms in total. The summed E-state index contributed by atoms with van der Waals surface area (Å²) < 4.78 is 0. The molecule has 0 fully saturated rings. The van der Waals surface area contributed by atoms with Gasteiger partial charge in [-0.15, -0.1) is 11.3 Å². The molecule has 1 aromatic heterocycles. The van der Waals surface area contributed by atoms with Gasteiger partial charge in [0.2, 0.25) is 0 Å². The third-order valence-electron chi connectivity index (χ3n) is 3.13. The average Bonchev–Trinajstić information content (AvgIpc) is 2.70. The van der Waals surface area contributed by atoms with E-state index in [1.165, 1.54) is 15.4 Å². The molecule has 1 aromatic carbocycles. The minimum Gasteiger partial charge on any atom is -0.329 e. The van der Waals surface area contributed by atoms with Crippen LogP contribution >= 0.6 is 11.3 Å². The Morgan fingerprint density at radius 2 is 1.89 bits per heavy atom. The van der Waals surface area contributed by atoms with Gasteiger partial charge in [0.1, 0.15) is 5.01 Å². The van der Waals surface area contributed by atoms with Crippen LogP contribution in [0.2, 0.25) is 0 Å². The van der Waals surface area contributed by atoms with Gasteiger partial charge < -0.3 is 5.73 Å². The second-order valence-electron chi connectivity index (χ2n) is 4.73. The van der Waals surface area contributed by atoms with Crippen molar-refractivity contribution in [3.8, 4) is 0 Å². The van der Waals surface area contributed by atoms with E-state index in [1.54, 1.807) is 11.3 Å². The van der Waals surface area contributed by atoms with Crippen molar-refractivity contribution in [3.05, 3.63) is 51.5 Å². The molecule has 0 amide bonds. The maximum atomic E-state index is 5.71. The first-order valence-electron chi connectivity index (χ1n) is 6.58. The van der Waals surface area contributed by atoms with Crippen molar-refractivity contribution >= 4 is 11.3 Å². The van der Waals surface area contributed by atoms with Crippen LogP contribution in [-0.2, 0) is 13.1 Å². The lowest BCUT2D eigenvalue weighted by molar-refractivity contribution is 0.264. The van der Waals surface area contributed by atoms with Crippen molar-refractivity contribution in [2.75, 3.05) is 13.1 Å². The maximum Gasteiger partial charge on any atom is 0.107 e. The summed E-state index contributed by atoms with van der Waals surface area (Å²) in [5, 5.41) is 1.18. The highest BCUT2D eigenvalue weighted by atomic mass is 32.1. The van der Waals surface area contributed by atoms with E-state index in [9.17, 15) is 0 Å². The molecule has 4 heteroatoms. The van der Waals surface area contributed by atoms with Crippen molar-refractivity contribution in [2.24, 2.45) is 5.73 Å². The van der Waals surface area contributed by atoms with Crippen molar-refractivity contribution in [1.82, 2.24) is 9.88 Å². The van der Waals surface area contributed by atoms with Gasteiger partial charge in [0.15, 0.2) is 0 Å². The van der Waals surface area contributed by atoms with Crippen LogP contribution in [0.3, 0.4) is 0 Å². The molecule has 19 heavy (non-hydrogen) atoms. The van der Waals surface area contributed by atoms with Crippen LogP contribution < -0.4 is 5.73 Å². The Hall–Kier alpha value is -1.23. The minimum absolute atomic E-state index is 0.677. The van der Waals surface area contributed by atoms with Crippen molar-refractivity contribution in [3.63, 3.8) is 0 Å². The summed E-state index contributed by atoms with van der Waals surface area (Å²) in [5.41, 5.74) is 8.18. The monoisotopic (exact) mass is 275 g/mol. The van der Waals surface area contributed by atoms with Crippen LogP contribution in [0.4, 0.5) is 0 Å². The first-order valence-corrected chi connectivity index (χ1v) is 7.40. The third-order valence-corrected chi connectivity index (χ3v) is 4.18. The fourth-order valence-electron chi connectivity index (χ4n) is 2.04. The first-order chi connectivity index (χ1) is 9.19. The lowest BCUT2D eigenvalue weighted by Crippen LogP contribution is -2.28. The summed E-state index contributed by atoms with van der Waals surface area (Å²) in [7, 11) is 0. The highest BCUT2D eigenvalue weighted by molar-refractivity contribution is 7.11. The smallest absolute Gasteiger partial charge is 0.107 e. The molecule has 0 saturated heterocycles. The number of benzene rings is 1. The van der Waals surface area contributed by atoms with Gasteiger partial charge in [0.25, 0.3) is 0 Å². The molecule has 0 bridgehead atoms. The number of nitrogens with two attached hydrogens (primary N) is 1. The molecule has 1 heterocycles. The summed E-state index contributed by atoms with van der Waals surface area (Å²) in [6.45, 7) is 7.57. The van der Waals surface area contributed by atoms with Gasteiger partial charge in [-0.1, -0.05) is 30.3 Å². The number of nitrogens with zero attached hydrogens (tertiary/aromatic N) is 2. The zero-order chi connectivity index (χ0) is 13.7. The van der Waals surface area contributed by atoms with Crippen LogP contribution in [0.1, 0.15) is 21.1 Å². The van der Waals surface area contributed by atoms with Gasteiger partial charge in [-0.2, -0.15) is 0 Å². The highest BCUT2D eigenvalue weighted by Gasteiger charge is 2.10. The second-order valence-corrected chi connectivity index (χ2v) is 6.02. The number of hydrogen-bond acceptors (Lipinski definition) is 4. The number of aromatic nitrogens is 1. The molecule has 102 valence electrons. The van der Waals surface area contributed by atoms with Crippen LogP contribution in [-0.4, -0.2) is 23.0 Å². The summed E-state index contributed by atoms with van der Waals surface area (Å²) in [6.07, 6.45) is 0. The minimum atomic E-state index is 0.677. The zero-order valence-corrected chi connectivity index (χ0v) is 12.4. The largest absolute Gasteiger partial charge is 0.329 e. The lowest BCUT2D eigenvalue weighted by Gasteiger charge is -2.20. The van der Waals surface area contributed by atoms with E-state index >= 15 is 0 Å². The van der Waals surface area contributed by atoms with E-state index in [1.807, 2.05) is 6.07 Å². The molecule has 0 aliphatic heterocycles. The molecule has 0 unspecified atom stereocenters. The Labute approximate surface area is 119 Å². The van der Waals surface area contributed by atoms with E-state index in [-0.39, 0.29) is 0 Å². The fraction of sp³-hybridized carbons (Fsp3) is 0.400. The molecule has 2 rings (SSSR count). The van der Waals surface area contributed by atoms with E-state index < -0.39 is 0 Å². The van der Waals surface area contributed by atoms with Gasteiger partial charge in [-0.25, -0.2) is 4.98 Å². The Bertz CT molecular complexity index is 488. The Balaban J connectivity index is 2.03. The first kappa shape index (κ1) is 14.2. The summed E-state index contributed by atoms with van der Waals surface area (Å²) in [6, 6.07) is 10.5. The van der Waals surface area contributed by atoms with Crippen molar-refractivity contribution in [1.29, 1.82) is 0 Å². The van der Waals surface area contributed by atoms with Gasteiger partial charge in [-0.05, 0) is 19.4 Å². The van der Waals surface area contributed by atoms with Crippen LogP contribution in [0.5, 0.6) is 0 Å². The Morgan fingerprint density at radius 1 is 1.16 bits per heavy atom. The van der Waals surface area contributed by atoms with E-state index in [0.717, 1.165) is 25.3 Å².